The van der Waals surface area contributed by atoms with Crippen LogP contribution in [-0.2, 0) is 0 Å². The first kappa shape index (κ1) is 15.4. The summed E-state index contributed by atoms with van der Waals surface area (Å²) in [4.78, 5) is 17.5. The topological polar surface area (TPSA) is 87.8 Å². The second-order valence-corrected chi connectivity index (χ2v) is 5.00. The van der Waals surface area contributed by atoms with Gasteiger partial charge in [-0.15, -0.1) is 0 Å². The third-order valence-electron chi connectivity index (χ3n) is 3.43. The molecule has 0 radical (unpaired) electrons. The van der Waals surface area contributed by atoms with Crippen molar-refractivity contribution in [3.63, 3.8) is 0 Å². The van der Waals surface area contributed by atoms with E-state index in [1.807, 2.05) is 18.2 Å². The Morgan fingerprint density at radius 2 is 1.71 bits per heavy atom. The SMILES string of the molecule is CN(C(=O)Oc1ccc(-n2c(O)ccc2O)cn1)c1ccccc1. The highest BCUT2D eigenvalue weighted by molar-refractivity contribution is 5.88. The predicted molar refractivity (Wildman–Crippen MR) is 87.8 cm³/mol. The maximum absolute atomic E-state index is 12.1. The zero-order valence-corrected chi connectivity index (χ0v) is 12.8. The number of amides is 1. The van der Waals surface area contributed by atoms with Gasteiger partial charge in [0.25, 0.3) is 0 Å². The van der Waals surface area contributed by atoms with Gasteiger partial charge in [0.1, 0.15) is 0 Å². The van der Waals surface area contributed by atoms with Gasteiger partial charge in [0.05, 0.1) is 11.9 Å². The van der Waals surface area contributed by atoms with Crippen molar-refractivity contribution in [2.75, 3.05) is 11.9 Å². The molecule has 24 heavy (non-hydrogen) atoms. The average molecular weight is 325 g/mol. The Labute approximate surface area is 138 Å². The molecule has 0 atom stereocenters. The van der Waals surface area contributed by atoms with E-state index >= 15 is 0 Å². The Morgan fingerprint density at radius 3 is 2.29 bits per heavy atom. The van der Waals surface area contributed by atoms with Crippen molar-refractivity contribution in [1.29, 1.82) is 0 Å². The third kappa shape index (κ3) is 3.00. The number of pyridine rings is 1. The Morgan fingerprint density at radius 1 is 1.04 bits per heavy atom. The lowest BCUT2D eigenvalue weighted by Crippen LogP contribution is -2.29. The molecule has 7 heteroatoms. The Balaban J connectivity index is 1.74. The molecule has 0 saturated carbocycles. The third-order valence-corrected chi connectivity index (χ3v) is 3.43. The minimum atomic E-state index is -0.576. The molecule has 1 aromatic carbocycles. The molecule has 122 valence electrons. The normalized spacial score (nSPS) is 10.4. The van der Waals surface area contributed by atoms with Gasteiger partial charge >= 0.3 is 6.09 Å². The molecule has 0 aliphatic rings. The minimum Gasteiger partial charge on any atom is -0.494 e. The molecular weight excluding hydrogens is 310 g/mol. The van der Waals surface area contributed by atoms with E-state index in [9.17, 15) is 15.0 Å². The molecule has 0 unspecified atom stereocenters. The number of hydrogen-bond donors (Lipinski definition) is 2. The fraction of sp³-hybridized carbons (Fsp3) is 0.0588. The quantitative estimate of drug-likeness (QED) is 0.773. The summed E-state index contributed by atoms with van der Waals surface area (Å²) in [6.07, 6.45) is 0.804. The number of aromatic hydroxyl groups is 2. The summed E-state index contributed by atoms with van der Waals surface area (Å²) in [7, 11) is 1.60. The summed E-state index contributed by atoms with van der Waals surface area (Å²) in [5.41, 5.74) is 1.13. The number of nitrogens with zero attached hydrogens (tertiary/aromatic N) is 3. The van der Waals surface area contributed by atoms with Gasteiger partial charge < -0.3 is 14.9 Å². The first-order valence-electron chi connectivity index (χ1n) is 7.13. The second kappa shape index (κ2) is 6.33. The lowest BCUT2D eigenvalue weighted by atomic mass is 10.3. The van der Waals surface area contributed by atoms with Crippen LogP contribution >= 0.6 is 0 Å². The van der Waals surface area contributed by atoms with E-state index in [4.69, 9.17) is 4.74 Å². The maximum atomic E-state index is 12.1. The van der Waals surface area contributed by atoms with Crippen molar-refractivity contribution in [3.8, 4) is 23.3 Å². The van der Waals surface area contributed by atoms with Crippen molar-refractivity contribution in [1.82, 2.24) is 9.55 Å². The van der Waals surface area contributed by atoms with Gasteiger partial charge in [0.15, 0.2) is 11.8 Å². The standard InChI is InChI=1S/C17H15N3O4/c1-19(12-5-3-2-4-6-12)17(23)24-14-8-7-13(11-18-14)20-15(21)9-10-16(20)22/h2-11,21-22H,1H3. The number of rotatable bonds is 3. The number of carbonyl (C=O) groups excluding carboxylic acids is 1. The number of benzene rings is 1. The zero-order valence-electron chi connectivity index (χ0n) is 12.8. The average Bonchev–Trinajstić information content (AvgIpc) is 2.94. The monoisotopic (exact) mass is 325 g/mol. The number of anilines is 1. The molecule has 2 heterocycles. The lowest BCUT2D eigenvalue weighted by molar-refractivity contribution is 0.207. The number of para-hydroxylation sites is 1. The Bertz CT molecular complexity index is 825. The van der Waals surface area contributed by atoms with E-state index in [0.29, 0.717) is 11.4 Å². The number of ether oxygens (including phenoxy) is 1. The van der Waals surface area contributed by atoms with Crippen LogP contribution in [0, 0.1) is 0 Å². The first-order chi connectivity index (χ1) is 11.6. The van der Waals surface area contributed by atoms with E-state index in [2.05, 4.69) is 4.98 Å². The summed E-state index contributed by atoms with van der Waals surface area (Å²) >= 11 is 0. The van der Waals surface area contributed by atoms with Crippen LogP contribution in [0.5, 0.6) is 17.6 Å². The Hall–Kier alpha value is -3.48. The number of carbonyl (C=O) groups is 1. The van der Waals surface area contributed by atoms with Crippen LogP contribution in [0.25, 0.3) is 5.69 Å². The molecule has 1 amide bonds. The highest BCUT2D eigenvalue weighted by Gasteiger charge is 2.14. The van der Waals surface area contributed by atoms with Crippen molar-refractivity contribution >= 4 is 11.8 Å². The van der Waals surface area contributed by atoms with Gasteiger partial charge in [-0.05, 0) is 18.2 Å². The van der Waals surface area contributed by atoms with E-state index in [1.165, 1.54) is 33.9 Å². The predicted octanol–water partition coefficient (Wildman–Crippen LogP) is 2.92. The largest absolute Gasteiger partial charge is 0.494 e. The summed E-state index contributed by atoms with van der Waals surface area (Å²) in [6.45, 7) is 0. The van der Waals surface area contributed by atoms with Crippen LogP contribution in [0.3, 0.4) is 0 Å². The molecule has 7 nitrogen and oxygen atoms in total. The molecule has 0 bridgehead atoms. The van der Waals surface area contributed by atoms with E-state index in [1.54, 1.807) is 25.2 Å². The van der Waals surface area contributed by atoms with Crippen LogP contribution in [0.15, 0.2) is 60.8 Å². The van der Waals surface area contributed by atoms with E-state index < -0.39 is 6.09 Å². The fourth-order valence-corrected chi connectivity index (χ4v) is 2.16. The molecule has 2 aromatic heterocycles. The van der Waals surface area contributed by atoms with Crippen LogP contribution < -0.4 is 9.64 Å². The molecule has 0 fully saturated rings. The van der Waals surface area contributed by atoms with Crippen molar-refractivity contribution < 1.29 is 19.7 Å². The minimum absolute atomic E-state index is 0.109. The van der Waals surface area contributed by atoms with Crippen LogP contribution in [0.4, 0.5) is 10.5 Å². The highest BCUT2D eigenvalue weighted by Crippen LogP contribution is 2.26. The highest BCUT2D eigenvalue weighted by atomic mass is 16.6. The van der Waals surface area contributed by atoms with Gasteiger partial charge in [-0.2, -0.15) is 0 Å². The smallest absolute Gasteiger partial charge is 0.420 e. The van der Waals surface area contributed by atoms with Crippen molar-refractivity contribution in [2.24, 2.45) is 0 Å². The molecular formula is C17H15N3O4. The summed E-state index contributed by atoms with van der Waals surface area (Å²) in [6, 6.07) is 14.8. The van der Waals surface area contributed by atoms with Gasteiger partial charge in [0.2, 0.25) is 5.88 Å². The number of hydrogen-bond acceptors (Lipinski definition) is 5. The number of aromatic nitrogens is 2. The zero-order chi connectivity index (χ0) is 17.1. The van der Waals surface area contributed by atoms with E-state index in [-0.39, 0.29) is 17.6 Å². The molecule has 0 spiro atoms. The molecule has 3 aromatic rings. The van der Waals surface area contributed by atoms with Gasteiger partial charge in [-0.25, -0.2) is 9.78 Å². The Kier molecular flexibility index (Phi) is 4.07. The maximum Gasteiger partial charge on any atom is 0.420 e. The van der Waals surface area contributed by atoms with Crippen molar-refractivity contribution in [3.05, 3.63) is 60.8 Å². The fourth-order valence-electron chi connectivity index (χ4n) is 2.16. The lowest BCUT2D eigenvalue weighted by Gasteiger charge is -2.16. The molecule has 0 aliphatic carbocycles. The molecule has 0 aliphatic heterocycles. The van der Waals surface area contributed by atoms with Gasteiger partial charge in [0, 0.05) is 30.9 Å². The van der Waals surface area contributed by atoms with Crippen LogP contribution in [-0.4, -0.2) is 32.9 Å². The van der Waals surface area contributed by atoms with Gasteiger partial charge in [-0.1, -0.05) is 18.2 Å². The van der Waals surface area contributed by atoms with Gasteiger partial charge in [-0.3, -0.25) is 9.47 Å². The summed E-state index contributed by atoms with van der Waals surface area (Å²) < 4.78 is 6.41. The summed E-state index contributed by atoms with van der Waals surface area (Å²) in [5, 5.41) is 19.4. The first-order valence-corrected chi connectivity index (χ1v) is 7.13. The molecule has 0 saturated heterocycles. The van der Waals surface area contributed by atoms with E-state index in [0.717, 1.165) is 0 Å². The summed E-state index contributed by atoms with van der Waals surface area (Å²) in [5.74, 6) is -0.136. The van der Waals surface area contributed by atoms with Crippen molar-refractivity contribution in [2.45, 2.75) is 0 Å². The molecule has 2 N–H and O–H groups in total. The van der Waals surface area contributed by atoms with Crippen LogP contribution in [0.1, 0.15) is 0 Å². The van der Waals surface area contributed by atoms with Crippen LogP contribution in [0.2, 0.25) is 0 Å². The second-order valence-electron chi connectivity index (χ2n) is 5.00. The molecule has 3 rings (SSSR count).